The Morgan fingerprint density at radius 2 is 2.38 bits per heavy atom. The number of hydrazine groups is 1. The topological polar surface area (TPSA) is 75.3 Å². The van der Waals surface area contributed by atoms with E-state index in [-0.39, 0.29) is 6.04 Å². The first kappa shape index (κ1) is 12.9. The van der Waals surface area contributed by atoms with Gasteiger partial charge in [0.25, 0.3) is 0 Å². The Labute approximate surface area is 100 Å². The highest BCUT2D eigenvalue weighted by molar-refractivity contribution is 7.09. The zero-order valence-corrected chi connectivity index (χ0v) is 10.7. The summed E-state index contributed by atoms with van der Waals surface area (Å²) in [6.07, 6.45) is 2.70. The third-order valence-corrected chi connectivity index (χ3v) is 2.85. The van der Waals surface area contributed by atoms with Crippen molar-refractivity contribution in [2.24, 2.45) is 10.8 Å². The van der Waals surface area contributed by atoms with Gasteiger partial charge in [0.1, 0.15) is 11.0 Å². The third kappa shape index (κ3) is 3.79. The van der Waals surface area contributed by atoms with Gasteiger partial charge >= 0.3 is 0 Å². The molecule has 0 aromatic carbocycles. The van der Waals surface area contributed by atoms with Gasteiger partial charge < -0.3 is 5.32 Å². The number of nitrogens with one attached hydrogen (secondary N) is 2. The van der Waals surface area contributed by atoms with Crippen molar-refractivity contribution in [2.75, 3.05) is 0 Å². The third-order valence-electron chi connectivity index (χ3n) is 1.97. The Balaban J connectivity index is 2.76. The average Bonchev–Trinajstić information content (AvgIpc) is 2.76. The van der Waals surface area contributed by atoms with Gasteiger partial charge in [0, 0.05) is 17.6 Å². The van der Waals surface area contributed by atoms with Crippen LogP contribution in [0.3, 0.4) is 0 Å². The molecule has 6 heteroatoms. The minimum absolute atomic E-state index is 0.0669. The van der Waals surface area contributed by atoms with Crippen LogP contribution < -0.4 is 16.6 Å². The summed E-state index contributed by atoms with van der Waals surface area (Å²) in [5.74, 6) is 6.03. The number of guanidine groups is 1. The second-order valence-corrected chi connectivity index (χ2v) is 4.64. The zero-order valence-electron chi connectivity index (χ0n) is 9.90. The standard InChI is InChI=1S/C10H19N5S/c1-4-8(9-12-5-6-16-9)14-10(15-11)13-7(2)3/h5-8H,4,11H2,1-3H3,(H2,13,14,15). The van der Waals surface area contributed by atoms with E-state index in [1.54, 1.807) is 17.5 Å². The van der Waals surface area contributed by atoms with E-state index < -0.39 is 0 Å². The highest BCUT2D eigenvalue weighted by atomic mass is 32.1. The Bertz CT molecular complexity index is 320. The molecule has 4 N–H and O–H groups in total. The molecule has 90 valence electrons. The lowest BCUT2D eigenvalue weighted by Crippen LogP contribution is -2.44. The summed E-state index contributed by atoms with van der Waals surface area (Å²) in [6.45, 7) is 6.16. The quantitative estimate of drug-likeness (QED) is 0.322. The van der Waals surface area contributed by atoms with Gasteiger partial charge in [-0.1, -0.05) is 6.92 Å². The molecule has 5 nitrogen and oxygen atoms in total. The lowest BCUT2D eigenvalue weighted by atomic mass is 10.2. The van der Waals surface area contributed by atoms with Gasteiger partial charge in [0.05, 0.1) is 0 Å². The van der Waals surface area contributed by atoms with Crippen LogP contribution in [0.4, 0.5) is 0 Å². The second-order valence-electron chi connectivity index (χ2n) is 3.72. The minimum atomic E-state index is 0.0669. The van der Waals surface area contributed by atoms with Crippen molar-refractivity contribution in [1.82, 2.24) is 15.7 Å². The fourth-order valence-electron chi connectivity index (χ4n) is 1.27. The number of aliphatic imine (C=N–C) groups is 1. The average molecular weight is 241 g/mol. The van der Waals surface area contributed by atoms with Crippen molar-refractivity contribution in [3.8, 4) is 0 Å². The molecule has 0 bridgehead atoms. The molecule has 1 rings (SSSR count). The predicted octanol–water partition coefficient (Wildman–Crippen LogP) is 1.41. The van der Waals surface area contributed by atoms with E-state index in [0.29, 0.717) is 12.0 Å². The summed E-state index contributed by atoms with van der Waals surface area (Å²) in [4.78, 5) is 8.78. The molecule has 1 unspecified atom stereocenters. The van der Waals surface area contributed by atoms with Crippen LogP contribution in [0.15, 0.2) is 16.6 Å². The number of rotatable bonds is 4. The molecule has 1 heterocycles. The number of nitrogens with zero attached hydrogens (tertiary/aromatic N) is 2. The van der Waals surface area contributed by atoms with Crippen molar-refractivity contribution in [2.45, 2.75) is 39.3 Å². The van der Waals surface area contributed by atoms with Gasteiger partial charge in [-0.2, -0.15) is 0 Å². The summed E-state index contributed by atoms with van der Waals surface area (Å²) < 4.78 is 0. The van der Waals surface area contributed by atoms with Gasteiger partial charge in [0.2, 0.25) is 5.96 Å². The molecule has 0 fully saturated rings. The lowest BCUT2D eigenvalue weighted by Gasteiger charge is -2.15. The van der Waals surface area contributed by atoms with E-state index in [0.717, 1.165) is 11.4 Å². The number of nitrogens with two attached hydrogens (primary N) is 1. The van der Waals surface area contributed by atoms with Crippen LogP contribution >= 0.6 is 11.3 Å². The van der Waals surface area contributed by atoms with Crippen LogP contribution in [0.1, 0.15) is 38.2 Å². The van der Waals surface area contributed by atoms with Gasteiger partial charge in [-0.05, 0) is 20.3 Å². The molecule has 0 aliphatic rings. The smallest absolute Gasteiger partial charge is 0.206 e. The van der Waals surface area contributed by atoms with E-state index in [1.165, 1.54) is 0 Å². The molecule has 0 saturated carbocycles. The van der Waals surface area contributed by atoms with Crippen molar-refractivity contribution in [3.63, 3.8) is 0 Å². The molecule has 1 aromatic rings. The summed E-state index contributed by atoms with van der Waals surface area (Å²) in [7, 11) is 0. The molecule has 16 heavy (non-hydrogen) atoms. The van der Waals surface area contributed by atoms with Crippen molar-refractivity contribution in [1.29, 1.82) is 0 Å². The summed E-state index contributed by atoms with van der Waals surface area (Å²) >= 11 is 1.61. The van der Waals surface area contributed by atoms with E-state index >= 15 is 0 Å². The molecular weight excluding hydrogens is 222 g/mol. The summed E-state index contributed by atoms with van der Waals surface area (Å²) in [5.41, 5.74) is 2.58. The largest absolute Gasteiger partial charge is 0.353 e. The van der Waals surface area contributed by atoms with Gasteiger partial charge in [-0.3, -0.25) is 5.43 Å². The molecule has 1 atom stereocenters. The van der Waals surface area contributed by atoms with Gasteiger partial charge in [-0.15, -0.1) is 11.3 Å². The number of hydrogen-bond acceptors (Lipinski definition) is 4. The van der Waals surface area contributed by atoms with Crippen LogP contribution in [-0.4, -0.2) is 17.0 Å². The first-order valence-electron chi connectivity index (χ1n) is 5.37. The van der Waals surface area contributed by atoms with Crippen LogP contribution in [0, 0.1) is 0 Å². The van der Waals surface area contributed by atoms with Gasteiger partial charge in [-0.25, -0.2) is 15.8 Å². The molecule has 0 aliphatic carbocycles. The molecule has 0 saturated heterocycles. The SMILES string of the molecule is CCC(N=C(NN)NC(C)C)c1nccs1. The van der Waals surface area contributed by atoms with E-state index in [2.05, 4.69) is 27.6 Å². The molecule has 0 spiro atoms. The number of hydrogen-bond donors (Lipinski definition) is 3. The van der Waals surface area contributed by atoms with E-state index in [4.69, 9.17) is 5.84 Å². The highest BCUT2D eigenvalue weighted by Gasteiger charge is 2.11. The lowest BCUT2D eigenvalue weighted by molar-refractivity contribution is 0.654. The van der Waals surface area contributed by atoms with Crippen LogP contribution in [0.25, 0.3) is 0 Å². The zero-order chi connectivity index (χ0) is 12.0. The first-order valence-corrected chi connectivity index (χ1v) is 6.25. The summed E-state index contributed by atoms with van der Waals surface area (Å²) in [5, 5.41) is 6.12. The van der Waals surface area contributed by atoms with E-state index in [9.17, 15) is 0 Å². The van der Waals surface area contributed by atoms with Crippen molar-refractivity contribution >= 4 is 17.3 Å². The maximum Gasteiger partial charge on any atom is 0.206 e. The fraction of sp³-hybridized carbons (Fsp3) is 0.600. The summed E-state index contributed by atoms with van der Waals surface area (Å²) in [6, 6.07) is 0.362. The maximum absolute atomic E-state index is 5.42. The molecule has 0 radical (unpaired) electrons. The van der Waals surface area contributed by atoms with Crippen LogP contribution in [-0.2, 0) is 0 Å². The fourth-order valence-corrected chi connectivity index (χ4v) is 2.02. The monoisotopic (exact) mass is 241 g/mol. The van der Waals surface area contributed by atoms with Gasteiger partial charge in [0.15, 0.2) is 0 Å². The van der Waals surface area contributed by atoms with E-state index in [1.807, 2.05) is 19.2 Å². The Morgan fingerprint density at radius 3 is 2.81 bits per heavy atom. The molecule has 0 aliphatic heterocycles. The van der Waals surface area contributed by atoms with Crippen LogP contribution in [0.2, 0.25) is 0 Å². The molecule has 0 amide bonds. The van der Waals surface area contributed by atoms with Crippen molar-refractivity contribution < 1.29 is 0 Å². The number of aromatic nitrogens is 1. The molecule has 1 aromatic heterocycles. The van der Waals surface area contributed by atoms with Crippen molar-refractivity contribution in [3.05, 3.63) is 16.6 Å². The Kier molecular flexibility index (Phi) is 5.21. The Morgan fingerprint density at radius 1 is 1.62 bits per heavy atom. The maximum atomic E-state index is 5.42. The Hall–Kier alpha value is -1.14. The number of thiazole rings is 1. The normalized spacial score (nSPS) is 13.9. The first-order chi connectivity index (χ1) is 7.67. The highest BCUT2D eigenvalue weighted by Crippen LogP contribution is 2.22. The molecular formula is C10H19N5S. The minimum Gasteiger partial charge on any atom is -0.353 e. The van der Waals surface area contributed by atoms with Crippen LogP contribution in [0.5, 0.6) is 0 Å². The second kappa shape index (κ2) is 6.44. The predicted molar refractivity (Wildman–Crippen MR) is 68.2 cm³/mol.